The molecule has 1 aromatic heterocycles. The number of hydrogen-bond donors (Lipinski definition) is 2. The van der Waals surface area contributed by atoms with Gasteiger partial charge in [-0.1, -0.05) is 12.1 Å². The molecule has 0 radical (unpaired) electrons. The monoisotopic (exact) mass is 452 g/mol. The average Bonchev–Trinajstić information content (AvgIpc) is 2.85. The molecule has 0 amide bonds. The van der Waals surface area contributed by atoms with E-state index < -0.39 is 0 Å². The first kappa shape index (κ1) is 23.2. The van der Waals surface area contributed by atoms with E-state index >= 15 is 0 Å². The van der Waals surface area contributed by atoms with Gasteiger partial charge in [0.25, 0.3) is 0 Å². The van der Waals surface area contributed by atoms with Crippen molar-refractivity contribution < 1.29 is 19.3 Å². The molecule has 8 nitrogen and oxygen atoms in total. The number of benzene rings is 2. The van der Waals surface area contributed by atoms with E-state index in [0.717, 1.165) is 66.3 Å². The molecule has 2 N–H and O–H groups in total. The van der Waals surface area contributed by atoms with E-state index in [1.165, 1.54) is 5.56 Å². The van der Waals surface area contributed by atoms with Crippen molar-refractivity contribution in [2.24, 2.45) is 0 Å². The normalized spacial score (nSPS) is 15.0. The minimum absolute atomic E-state index is 0.0201. The van der Waals surface area contributed by atoms with Crippen molar-refractivity contribution in [2.45, 2.75) is 32.0 Å². The van der Waals surface area contributed by atoms with Gasteiger partial charge in [-0.05, 0) is 48.7 Å². The van der Waals surface area contributed by atoms with Crippen LogP contribution in [0.4, 0.5) is 5.82 Å². The standard InChI is InChI=1S/C25H32N4O4/c1-31-17-24-22-7-6-20(32-2)15-23(22)25(28-27-24)26-19-8-10-29(11-9-19)16-18-4-3-5-21(14-18)33-13-12-30/h3-7,14-15,19,30H,8-13,16-17H2,1-2H3,(H,26,28). The van der Waals surface area contributed by atoms with Crippen LogP contribution in [0.5, 0.6) is 11.5 Å². The van der Waals surface area contributed by atoms with Crippen LogP contribution >= 0.6 is 0 Å². The number of nitrogens with zero attached hydrogens (tertiary/aromatic N) is 3. The van der Waals surface area contributed by atoms with Gasteiger partial charge in [0.15, 0.2) is 5.82 Å². The molecule has 2 aromatic carbocycles. The van der Waals surface area contributed by atoms with Crippen LogP contribution in [0.1, 0.15) is 24.1 Å². The zero-order chi connectivity index (χ0) is 23.0. The Morgan fingerprint density at radius 1 is 1.03 bits per heavy atom. The van der Waals surface area contributed by atoms with Gasteiger partial charge in [-0.2, -0.15) is 5.10 Å². The summed E-state index contributed by atoms with van der Waals surface area (Å²) in [4.78, 5) is 2.46. The lowest BCUT2D eigenvalue weighted by Crippen LogP contribution is -2.38. The largest absolute Gasteiger partial charge is 0.497 e. The predicted molar refractivity (Wildman–Crippen MR) is 128 cm³/mol. The highest BCUT2D eigenvalue weighted by atomic mass is 16.5. The molecular formula is C25H32N4O4. The van der Waals surface area contributed by atoms with Crippen LogP contribution in [-0.2, 0) is 17.9 Å². The van der Waals surface area contributed by atoms with Crippen molar-refractivity contribution in [1.82, 2.24) is 15.1 Å². The minimum atomic E-state index is 0.0201. The van der Waals surface area contributed by atoms with Gasteiger partial charge in [0.2, 0.25) is 0 Å². The lowest BCUT2D eigenvalue weighted by atomic mass is 10.0. The highest BCUT2D eigenvalue weighted by Crippen LogP contribution is 2.29. The van der Waals surface area contributed by atoms with Crippen molar-refractivity contribution in [3.8, 4) is 11.5 Å². The third-order valence-electron chi connectivity index (χ3n) is 5.94. The van der Waals surface area contributed by atoms with E-state index in [2.05, 4.69) is 32.5 Å². The van der Waals surface area contributed by atoms with Crippen molar-refractivity contribution in [3.63, 3.8) is 0 Å². The van der Waals surface area contributed by atoms with Crippen molar-refractivity contribution >= 4 is 16.6 Å². The van der Waals surface area contributed by atoms with Gasteiger partial charge in [-0.25, -0.2) is 0 Å². The number of rotatable bonds is 10. The SMILES string of the molecule is COCc1nnc(NC2CCN(Cc3cccc(OCCO)c3)CC2)c2cc(OC)ccc12. The smallest absolute Gasteiger partial charge is 0.156 e. The second-order valence-electron chi connectivity index (χ2n) is 8.25. The fourth-order valence-electron chi connectivity index (χ4n) is 4.25. The number of hydrogen-bond acceptors (Lipinski definition) is 8. The Morgan fingerprint density at radius 3 is 2.64 bits per heavy atom. The van der Waals surface area contributed by atoms with Crippen LogP contribution in [0.15, 0.2) is 42.5 Å². The Balaban J connectivity index is 1.39. The van der Waals surface area contributed by atoms with Gasteiger partial charge < -0.3 is 24.6 Å². The van der Waals surface area contributed by atoms with E-state index in [4.69, 9.17) is 19.3 Å². The number of nitrogens with one attached hydrogen (secondary N) is 1. The maximum atomic E-state index is 8.95. The summed E-state index contributed by atoms with van der Waals surface area (Å²) in [6, 6.07) is 14.4. The van der Waals surface area contributed by atoms with Crippen LogP contribution in [0, 0.1) is 0 Å². The number of aromatic nitrogens is 2. The maximum absolute atomic E-state index is 8.95. The first-order valence-electron chi connectivity index (χ1n) is 11.3. The maximum Gasteiger partial charge on any atom is 0.156 e. The number of fused-ring (bicyclic) bond motifs is 1. The number of likely N-dealkylation sites (tertiary alicyclic amines) is 1. The van der Waals surface area contributed by atoms with E-state index in [9.17, 15) is 0 Å². The average molecular weight is 453 g/mol. The number of aliphatic hydroxyl groups excluding tert-OH is 1. The number of piperidine rings is 1. The first-order chi connectivity index (χ1) is 16.2. The van der Waals surface area contributed by atoms with E-state index in [1.807, 2.05) is 30.3 Å². The summed E-state index contributed by atoms with van der Waals surface area (Å²) < 4.78 is 16.3. The molecular weight excluding hydrogens is 420 g/mol. The Morgan fingerprint density at radius 2 is 1.88 bits per heavy atom. The highest BCUT2D eigenvalue weighted by molar-refractivity contribution is 5.94. The van der Waals surface area contributed by atoms with Crippen LogP contribution in [-0.4, -0.2) is 66.8 Å². The molecule has 33 heavy (non-hydrogen) atoms. The quantitative estimate of drug-likeness (QED) is 0.485. The zero-order valence-corrected chi connectivity index (χ0v) is 19.3. The van der Waals surface area contributed by atoms with E-state index in [-0.39, 0.29) is 6.61 Å². The topological polar surface area (TPSA) is 89.0 Å². The molecule has 1 aliphatic heterocycles. The van der Waals surface area contributed by atoms with Gasteiger partial charge in [0, 0.05) is 43.6 Å². The van der Waals surface area contributed by atoms with E-state index in [0.29, 0.717) is 19.3 Å². The number of methoxy groups -OCH3 is 2. The van der Waals surface area contributed by atoms with Crippen LogP contribution in [0.2, 0.25) is 0 Å². The summed E-state index contributed by atoms with van der Waals surface area (Å²) in [7, 11) is 3.33. The highest BCUT2D eigenvalue weighted by Gasteiger charge is 2.21. The van der Waals surface area contributed by atoms with E-state index in [1.54, 1.807) is 14.2 Å². The molecule has 1 saturated heterocycles. The molecule has 4 rings (SSSR count). The second-order valence-corrected chi connectivity index (χ2v) is 8.25. The number of anilines is 1. The zero-order valence-electron chi connectivity index (χ0n) is 19.3. The lowest BCUT2D eigenvalue weighted by molar-refractivity contribution is 0.182. The second kappa shape index (κ2) is 11.3. The summed E-state index contributed by atoms with van der Waals surface area (Å²) in [5.74, 6) is 2.38. The summed E-state index contributed by atoms with van der Waals surface area (Å²) in [6.07, 6.45) is 2.04. The van der Waals surface area contributed by atoms with Crippen LogP contribution in [0.25, 0.3) is 10.8 Å². The molecule has 3 aromatic rings. The fraction of sp³-hybridized carbons (Fsp3) is 0.440. The predicted octanol–water partition coefficient (Wildman–Crippen LogP) is 3.23. The summed E-state index contributed by atoms with van der Waals surface area (Å²) in [5.41, 5.74) is 2.04. The Bertz CT molecular complexity index is 1050. The van der Waals surface area contributed by atoms with Crippen molar-refractivity contribution in [2.75, 3.05) is 45.8 Å². The van der Waals surface area contributed by atoms with Gasteiger partial charge in [0.1, 0.15) is 18.1 Å². The fourth-order valence-corrected chi connectivity index (χ4v) is 4.25. The molecule has 0 spiro atoms. The van der Waals surface area contributed by atoms with Gasteiger partial charge in [-0.3, -0.25) is 4.90 Å². The van der Waals surface area contributed by atoms with Crippen LogP contribution < -0.4 is 14.8 Å². The Labute approximate surface area is 194 Å². The molecule has 0 saturated carbocycles. The van der Waals surface area contributed by atoms with Crippen molar-refractivity contribution in [1.29, 1.82) is 0 Å². The molecule has 0 bridgehead atoms. The molecule has 0 atom stereocenters. The molecule has 1 fully saturated rings. The molecule has 0 aliphatic carbocycles. The summed E-state index contributed by atoms with van der Waals surface area (Å²) >= 11 is 0. The lowest BCUT2D eigenvalue weighted by Gasteiger charge is -2.32. The molecule has 0 unspecified atom stereocenters. The number of ether oxygens (including phenoxy) is 3. The Kier molecular flexibility index (Phi) is 7.93. The van der Waals surface area contributed by atoms with Gasteiger partial charge in [0.05, 0.1) is 26.0 Å². The van der Waals surface area contributed by atoms with Crippen molar-refractivity contribution in [3.05, 3.63) is 53.7 Å². The van der Waals surface area contributed by atoms with Crippen LogP contribution in [0.3, 0.4) is 0 Å². The summed E-state index contributed by atoms with van der Waals surface area (Å²) in [6.45, 7) is 3.63. The molecule has 176 valence electrons. The third kappa shape index (κ3) is 5.90. The molecule has 1 aliphatic rings. The van der Waals surface area contributed by atoms with Gasteiger partial charge in [-0.15, -0.1) is 5.10 Å². The first-order valence-corrected chi connectivity index (χ1v) is 11.3. The minimum Gasteiger partial charge on any atom is -0.497 e. The summed E-state index contributed by atoms with van der Waals surface area (Å²) in [5, 5.41) is 23.5. The van der Waals surface area contributed by atoms with Gasteiger partial charge >= 0.3 is 0 Å². The Hall–Kier alpha value is -2.94. The third-order valence-corrected chi connectivity index (χ3v) is 5.94. The number of aliphatic hydroxyl groups is 1. The molecule has 8 heteroatoms. The molecule has 2 heterocycles.